The molecule has 14 nitrogen and oxygen atoms in total. The summed E-state index contributed by atoms with van der Waals surface area (Å²) >= 11 is 0. The summed E-state index contributed by atoms with van der Waals surface area (Å²) in [5, 5.41) is 29.2. The summed E-state index contributed by atoms with van der Waals surface area (Å²) in [6, 6.07) is 21.6. The molecular weight excluding hydrogens is 701 g/mol. The Balaban J connectivity index is 0.000000172. The summed E-state index contributed by atoms with van der Waals surface area (Å²) in [6.07, 6.45) is 8.68. The summed E-state index contributed by atoms with van der Waals surface area (Å²) < 4.78 is 0. The number of nitrogens with one attached hydrogen (secondary N) is 6. The molecular formula is C42H58N14. The van der Waals surface area contributed by atoms with Crippen LogP contribution in [-0.4, -0.2) is 64.5 Å². The number of nitrogens with two attached hydrogens (primary N) is 2. The van der Waals surface area contributed by atoms with Crippen LogP contribution in [-0.2, 0) is 13.1 Å². The fraction of sp³-hybridized carbons (Fsp3) is 0.476. The Morgan fingerprint density at radius 2 is 1.07 bits per heavy atom. The van der Waals surface area contributed by atoms with E-state index < -0.39 is 0 Å². The maximum atomic E-state index is 6.32. The fourth-order valence-corrected chi connectivity index (χ4v) is 7.53. The Labute approximate surface area is 329 Å². The van der Waals surface area contributed by atoms with Crippen LogP contribution >= 0.6 is 0 Å². The predicted molar refractivity (Wildman–Crippen MR) is 227 cm³/mol. The molecule has 2 saturated carbocycles. The van der Waals surface area contributed by atoms with Crippen molar-refractivity contribution in [1.29, 1.82) is 0 Å². The van der Waals surface area contributed by atoms with Gasteiger partial charge in [0.1, 0.15) is 11.0 Å². The molecule has 0 radical (unpaired) electrons. The van der Waals surface area contributed by atoms with Crippen LogP contribution in [0.1, 0.15) is 113 Å². The molecule has 0 amide bonds. The molecule has 6 aromatic rings. The van der Waals surface area contributed by atoms with E-state index in [-0.39, 0.29) is 12.1 Å². The van der Waals surface area contributed by atoms with Crippen molar-refractivity contribution >= 4 is 45.6 Å². The number of hydrogen-bond donors (Lipinski definition) is 8. The Morgan fingerprint density at radius 3 is 1.55 bits per heavy atom. The Kier molecular flexibility index (Phi) is 12.6. The SMILES string of the molecule is CC(C)c1[nH]nc2c(NCc3ccccc3)nc(NC3CCC(N)CC3)nc12.CC(C)c1[nH]nc2c(NCc3ccccc3)nc(NC3CCCCC3N)nc12. The average molecular weight is 759 g/mol. The van der Waals surface area contributed by atoms with Gasteiger partial charge in [-0.05, 0) is 61.5 Å². The van der Waals surface area contributed by atoms with Crippen molar-refractivity contribution in [3.8, 4) is 0 Å². The van der Waals surface area contributed by atoms with Crippen molar-refractivity contribution < 1.29 is 0 Å². The first-order valence-electron chi connectivity index (χ1n) is 20.3. The first kappa shape index (κ1) is 38.9. The van der Waals surface area contributed by atoms with E-state index in [4.69, 9.17) is 31.4 Å². The van der Waals surface area contributed by atoms with Gasteiger partial charge in [-0.3, -0.25) is 10.2 Å². The third-order valence-electron chi connectivity index (χ3n) is 10.9. The summed E-state index contributed by atoms with van der Waals surface area (Å²) in [7, 11) is 0. The van der Waals surface area contributed by atoms with E-state index in [0.717, 1.165) is 83.6 Å². The maximum absolute atomic E-state index is 6.32. The summed E-state index contributed by atoms with van der Waals surface area (Å²) in [5.41, 5.74) is 20.1. The van der Waals surface area contributed by atoms with Crippen LogP contribution in [0.3, 0.4) is 0 Å². The van der Waals surface area contributed by atoms with Crippen LogP contribution in [0.4, 0.5) is 23.5 Å². The van der Waals surface area contributed by atoms with E-state index in [1.165, 1.54) is 24.0 Å². The lowest BCUT2D eigenvalue weighted by atomic mass is 9.91. The molecule has 2 aliphatic carbocycles. The molecule has 2 aliphatic rings. The van der Waals surface area contributed by atoms with Gasteiger partial charge in [-0.15, -0.1) is 0 Å². The fourth-order valence-electron chi connectivity index (χ4n) is 7.53. The largest absolute Gasteiger partial charge is 0.364 e. The quantitative estimate of drug-likeness (QED) is 0.0609. The molecule has 296 valence electrons. The lowest BCUT2D eigenvalue weighted by Crippen LogP contribution is -2.43. The van der Waals surface area contributed by atoms with Crippen molar-refractivity contribution in [2.45, 2.75) is 128 Å². The highest BCUT2D eigenvalue weighted by Crippen LogP contribution is 2.30. The molecule has 2 aromatic carbocycles. The highest BCUT2D eigenvalue weighted by Gasteiger charge is 2.25. The number of fused-ring (bicyclic) bond motifs is 2. The van der Waals surface area contributed by atoms with Crippen molar-refractivity contribution in [1.82, 2.24) is 40.3 Å². The number of rotatable bonds is 12. The Hall–Kier alpha value is -5.34. The zero-order valence-corrected chi connectivity index (χ0v) is 33.1. The molecule has 8 rings (SSSR count). The number of nitrogens with zero attached hydrogens (tertiary/aromatic N) is 6. The highest BCUT2D eigenvalue weighted by molar-refractivity contribution is 5.89. The number of benzene rings is 2. The van der Waals surface area contributed by atoms with Crippen LogP contribution in [0.2, 0.25) is 0 Å². The van der Waals surface area contributed by atoms with Gasteiger partial charge in [0.15, 0.2) is 22.7 Å². The molecule has 14 heteroatoms. The molecule has 56 heavy (non-hydrogen) atoms. The molecule has 2 fully saturated rings. The minimum absolute atomic E-state index is 0.141. The molecule has 0 saturated heterocycles. The Bertz CT molecular complexity index is 2140. The van der Waals surface area contributed by atoms with Crippen molar-refractivity contribution in [3.63, 3.8) is 0 Å². The van der Waals surface area contributed by atoms with Crippen LogP contribution < -0.4 is 32.7 Å². The minimum atomic E-state index is 0.141. The van der Waals surface area contributed by atoms with Gasteiger partial charge in [-0.25, -0.2) is 9.97 Å². The van der Waals surface area contributed by atoms with Crippen molar-refractivity contribution in [3.05, 3.63) is 83.2 Å². The van der Waals surface area contributed by atoms with Gasteiger partial charge in [0, 0.05) is 37.3 Å². The van der Waals surface area contributed by atoms with Gasteiger partial charge in [-0.2, -0.15) is 20.2 Å². The lowest BCUT2D eigenvalue weighted by Gasteiger charge is -2.29. The van der Waals surface area contributed by atoms with Gasteiger partial charge >= 0.3 is 0 Å². The molecule has 0 spiro atoms. The Morgan fingerprint density at radius 1 is 0.589 bits per heavy atom. The van der Waals surface area contributed by atoms with E-state index in [0.29, 0.717) is 48.9 Å². The van der Waals surface area contributed by atoms with Crippen molar-refractivity contribution in [2.24, 2.45) is 11.5 Å². The lowest BCUT2D eigenvalue weighted by molar-refractivity contribution is 0.402. The second-order valence-corrected chi connectivity index (χ2v) is 15.9. The molecule has 4 aromatic heterocycles. The van der Waals surface area contributed by atoms with Crippen LogP contribution in [0.15, 0.2) is 60.7 Å². The van der Waals surface area contributed by atoms with E-state index in [9.17, 15) is 0 Å². The summed E-state index contributed by atoms with van der Waals surface area (Å²) in [4.78, 5) is 19.1. The highest BCUT2D eigenvalue weighted by atomic mass is 15.2. The van der Waals surface area contributed by atoms with Gasteiger partial charge < -0.3 is 32.7 Å². The number of aromatic amines is 2. The van der Waals surface area contributed by atoms with Crippen molar-refractivity contribution in [2.75, 3.05) is 21.3 Å². The monoisotopic (exact) mass is 758 g/mol. The summed E-state index contributed by atoms with van der Waals surface area (Å²) in [5.74, 6) is 3.38. The first-order valence-corrected chi connectivity index (χ1v) is 20.3. The number of aromatic nitrogens is 8. The normalized spacial score (nSPS) is 19.9. The van der Waals surface area contributed by atoms with Crippen LogP contribution in [0.25, 0.3) is 22.1 Å². The second-order valence-electron chi connectivity index (χ2n) is 15.9. The summed E-state index contributed by atoms with van der Waals surface area (Å²) in [6.45, 7) is 9.92. The molecule has 10 N–H and O–H groups in total. The third-order valence-corrected chi connectivity index (χ3v) is 10.9. The molecule has 2 atom stereocenters. The topological polar surface area (TPSA) is 209 Å². The molecule has 0 aliphatic heterocycles. The van der Waals surface area contributed by atoms with E-state index >= 15 is 0 Å². The predicted octanol–water partition coefficient (Wildman–Crippen LogP) is 7.54. The zero-order chi connectivity index (χ0) is 39.0. The second kappa shape index (κ2) is 18.1. The van der Waals surface area contributed by atoms with E-state index in [1.54, 1.807) is 0 Å². The van der Waals surface area contributed by atoms with Gasteiger partial charge in [0.2, 0.25) is 11.9 Å². The van der Waals surface area contributed by atoms with Gasteiger partial charge in [0.25, 0.3) is 0 Å². The first-order chi connectivity index (χ1) is 27.2. The van der Waals surface area contributed by atoms with Gasteiger partial charge in [-0.1, -0.05) is 101 Å². The number of anilines is 4. The number of H-pyrrole nitrogens is 2. The zero-order valence-electron chi connectivity index (χ0n) is 33.1. The van der Waals surface area contributed by atoms with Crippen LogP contribution in [0, 0.1) is 0 Å². The molecule has 0 bridgehead atoms. The standard InChI is InChI=1S/2C21H29N7/c1-13(2)17-18-19(28-27-17)20(23-12-14-8-4-3-5-9-14)26-21(25-18)24-16-11-7-6-10-15(16)22;1-13(2)17-18-19(28-27-17)20(23-12-14-6-4-3-5-7-14)26-21(25-18)24-16-10-8-15(22)9-11-16/h3-5,8-9,13,15-16H,6-7,10-12,22H2,1-2H3,(H,27,28)(H2,23,24,25,26);3-7,13,15-16H,8-12,22H2,1-2H3,(H,27,28)(H2,23,24,25,26). The number of hydrogen-bond acceptors (Lipinski definition) is 12. The molecule has 2 unspecified atom stereocenters. The smallest absolute Gasteiger partial charge is 0.225 e. The average Bonchev–Trinajstić information content (AvgIpc) is 3.84. The van der Waals surface area contributed by atoms with E-state index in [2.05, 4.69) is 93.6 Å². The third kappa shape index (κ3) is 9.54. The van der Waals surface area contributed by atoms with E-state index in [1.807, 2.05) is 36.4 Å². The maximum Gasteiger partial charge on any atom is 0.225 e. The van der Waals surface area contributed by atoms with Gasteiger partial charge in [0.05, 0.1) is 11.4 Å². The minimum Gasteiger partial charge on any atom is -0.364 e. The van der Waals surface area contributed by atoms with Crippen LogP contribution in [0.5, 0.6) is 0 Å². The molecule has 4 heterocycles.